The highest BCUT2D eigenvalue weighted by molar-refractivity contribution is 9.09. The molecule has 1 aliphatic rings. The van der Waals surface area contributed by atoms with Gasteiger partial charge in [0.1, 0.15) is 4.21 Å². The van der Waals surface area contributed by atoms with Gasteiger partial charge in [-0.2, -0.15) is 4.31 Å². The lowest BCUT2D eigenvalue weighted by Gasteiger charge is -2.20. The molecule has 2 heterocycles. The highest BCUT2D eigenvalue weighted by Gasteiger charge is 2.27. The van der Waals surface area contributed by atoms with Crippen molar-refractivity contribution in [3.8, 4) is 0 Å². The summed E-state index contributed by atoms with van der Waals surface area (Å²) in [5.74, 6) is 0. The molecule has 1 fully saturated rings. The van der Waals surface area contributed by atoms with E-state index >= 15 is 0 Å². The molecule has 1 aromatic heterocycles. The van der Waals surface area contributed by atoms with Crippen LogP contribution in [0, 0.1) is 0 Å². The first-order valence-electron chi connectivity index (χ1n) is 6.08. The van der Waals surface area contributed by atoms with Crippen LogP contribution in [0.2, 0.25) is 4.34 Å². The minimum absolute atomic E-state index is 0.339. The zero-order valence-electron chi connectivity index (χ0n) is 10.4. The van der Waals surface area contributed by atoms with Crippen LogP contribution in [0.3, 0.4) is 0 Å². The highest BCUT2D eigenvalue weighted by atomic mass is 79.9. The molecule has 0 radical (unpaired) electrons. The van der Waals surface area contributed by atoms with E-state index in [-0.39, 0.29) is 0 Å². The van der Waals surface area contributed by atoms with Crippen molar-refractivity contribution in [1.82, 2.24) is 9.21 Å². The standard InChI is InChI=1S/C11H16BrClN2O2S2/c12-4-7-14-5-1-6-15(9-8-14)19(16,17)11-3-2-10(13)18-11/h2-3H,1,4-9H2. The molecule has 108 valence electrons. The summed E-state index contributed by atoms with van der Waals surface area (Å²) in [6, 6.07) is 3.22. The van der Waals surface area contributed by atoms with Gasteiger partial charge in [-0.05, 0) is 25.1 Å². The summed E-state index contributed by atoms with van der Waals surface area (Å²) in [4.78, 5) is 2.28. The van der Waals surface area contributed by atoms with Crippen molar-refractivity contribution in [3.63, 3.8) is 0 Å². The van der Waals surface area contributed by atoms with Gasteiger partial charge < -0.3 is 4.90 Å². The van der Waals surface area contributed by atoms with Crippen LogP contribution in [0.15, 0.2) is 16.3 Å². The predicted octanol–water partition coefficient (Wildman–Crippen LogP) is 2.49. The van der Waals surface area contributed by atoms with Crippen LogP contribution < -0.4 is 0 Å². The lowest BCUT2D eigenvalue weighted by molar-refractivity contribution is 0.305. The third kappa shape index (κ3) is 3.92. The molecule has 4 nitrogen and oxygen atoms in total. The number of nitrogens with zero attached hydrogens (tertiary/aromatic N) is 2. The smallest absolute Gasteiger partial charge is 0.252 e. The van der Waals surface area contributed by atoms with Crippen molar-refractivity contribution in [3.05, 3.63) is 16.5 Å². The molecule has 2 rings (SSSR count). The van der Waals surface area contributed by atoms with Gasteiger partial charge >= 0.3 is 0 Å². The van der Waals surface area contributed by atoms with E-state index in [4.69, 9.17) is 11.6 Å². The number of rotatable bonds is 4. The van der Waals surface area contributed by atoms with Crippen molar-refractivity contribution in [2.45, 2.75) is 10.6 Å². The number of hydrogen-bond acceptors (Lipinski definition) is 4. The van der Waals surface area contributed by atoms with Gasteiger partial charge in [-0.25, -0.2) is 8.42 Å². The first kappa shape index (κ1) is 15.7. The Labute approximate surface area is 131 Å². The summed E-state index contributed by atoms with van der Waals surface area (Å²) in [7, 11) is -3.37. The maximum atomic E-state index is 12.5. The van der Waals surface area contributed by atoms with Gasteiger partial charge in [-0.1, -0.05) is 27.5 Å². The maximum absolute atomic E-state index is 12.5. The van der Waals surface area contributed by atoms with Gasteiger partial charge in [0.05, 0.1) is 4.34 Å². The zero-order chi connectivity index (χ0) is 13.9. The van der Waals surface area contributed by atoms with E-state index in [1.54, 1.807) is 16.4 Å². The monoisotopic (exact) mass is 386 g/mol. The van der Waals surface area contributed by atoms with Crippen LogP contribution in [0.25, 0.3) is 0 Å². The first-order valence-corrected chi connectivity index (χ1v) is 9.83. The van der Waals surface area contributed by atoms with E-state index in [1.807, 2.05) is 0 Å². The third-order valence-electron chi connectivity index (χ3n) is 3.09. The Kier molecular flexibility index (Phi) is 5.68. The second-order valence-corrected chi connectivity index (χ2v) is 9.02. The Balaban J connectivity index is 2.09. The zero-order valence-corrected chi connectivity index (χ0v) is 14.4. The quantitative estimate of drug-likeness (QED) is 0.745. The van der Waals surface area contributed by atoms with E-state index in [2.05, 4.69) is 20.8 Å². The fourth-order valence-corrected chi connectivity index (χ4v) is 5.70. The Morgan fingerprint density at radius 2 is 2.05 bits per heavy atom. The normalized spacial score (nSPS) is 19.5. The summed E-state index contributed by atoms with van der Waals surface area (Å²) < 4.78 is 27.4. The second kappa shape index (κ2) is 6.87. The molecular weight excluding hydrogens is 372 g/mol. The summed E-state index contributed by atoms with van der Waals surface area (Å²) in [6.07, 6.45) is 0.866. The summed E-state index contributed by atoms with van der Waals surface area (Å²) in [5.41, 5.74) is 0. The lowest BCUT2D eigenvalue weighted by Crippen LogP contribution is -2.35. The van der Waals surface area contributed by atoms with Crippen LogP contribution in [0.4, 0.5) is 0 Å². The fourth-order valence-electron chi connectivity index (χ4n) is 2.09. The maximum Gasteiger partial charge on any atom is 0.252 e. The Morgan fingerprint density at radius 3 is 2.68 bits per heavy atom. The van der Waals surface area contributed by atoms with Crippen molar-refractivity contribution in [2.24, 2.45) is 0 Å². The second-order valence-electron chi connectivity index (χ2n) is 4.35. The number of sulfonamides is 1. The van der Waals surface area contributed by atoms with Crippen molar-refractivity contribution < 1.29 is 8.42 Å². The van der Waals surface area contributed by atoms with E-state index in [0.717, 1.165) is 42.7 Å². The molecule has 8 heteroatoms. The third-order valence-corrected chi connectivity index (χ3v) is 7.04. The number of alkyl halides is 1. The van der Waals surface area contributed by atoms with Gasteiger partial charge in [-0.3, -0.25) is 0 Å². The molecule has 1 aliphatic heterocycles. The van der Waals surface area contributed by atoms with Gasteiger partial charge in [0.2, 0.25) is 0 Å². The molecule has 0 amide bonds. The van der Waals surface area contributed by atoms with E-state index in [9.17, 15) is 8.42 Å². The molecular formula is C11H16BrClN2O2S2. The fraction of sp³-hybridized carbons (Fsp3) is 0.636. The lowest BCUT2D eigenvalue weighted by atomic mass is 10.4. The van der Waals surface area contributed by atoms with Gasteiger partial charge in [0.25, 0.3) is 10.0 Å². The highest BCUT2D eigenvalue weighted by Crippen LogP contribution is 2.28. The van der Waals surface area contributed by atoms with Gasteiger partial charge in [-0.15, -0.1) is 11.3 Å². The number of thiophene rings is 1. The van der Waals surface area contributed by atoms with E-state index in [0.29, 0.717) is 21.6 Å². The topological polar surface area (TPSA) is 40.6 Å². The van der Waals surface area contributed by atoms with Crippen molar-refractivity contribution in [1.29, 1.82) is 0 Å². The Hall–Kier alpha value is 0.340. The van der Waals surface area contributed by atoms with E-state index < -0.39 is 10.0 Å². The van der Waals surface area contributed by atoms with Crippen LogP contribution in [-0.4, -0.2) is 55.7 Å². The molecule has 0 unspecified atom stereocenters. The van der Waals surface area contributed by atoms with Crippen LogP contribution in [0.1, 0.15) is 6.42 Å². The molecule has 0 atom stereocenters. The minimum Gasteiger partial charge on any atom is -0.301 e. The SMILES string of the molecule is O=S(=O)(c1ccc(Cl)s1)N1CCCN(CCBr)CC1. The first-order chi connectivity index (χ1) is 9.04. The van der Waals surface area contributed by atoms with Crippen molar-refractivity contribution in [2.75, 3.05) is 38.1 Å². The summed E-state index contributed by atoms with van der Waals surface area (Å²) >= 11 is 10.4. The largest absolute Gasteiger partial charge is 0.301 e. The molecule has 0 aromatic carbocycles. The molecule has 1 saturated heterocycles. The summed E-state index contributed by atoms with van der Waals surface area (Å²) in [5, 5.41) is 0.917. The minimum atomic E-state index is -3.37. The van der Waals surface area contributed by atoms with Crippen LogP contribution in [0.5, 0.6) is 0 Å². The molecule has 0 spiro atoms. The molecule has 0 N–H and O–H groups in total. The van der Waals surface area contributed by atoms with Gasteiger partial charge in [0, 0.05) is 31.5 Å². The summed E-state index contributed by atoms with van der Waals surface area (Å²) in [6.45, 7) is 3.81. The van der Waals surface area contributed by atoms with Crippen LogP contribution in [-0.2, 0) is 10.0 Å². The number of hydrogen-bond donors (Lipinski definition) is 0. The molecule has 0 bridgehead atoms. The Bertz CT molecular complexity index is 521. The molecule has 0 saturated carbocycles. The van der Waals surface area contributed by atoms with Gasteiger partial charge in [0.15, 0.2) is 0 Å². The Morgan fingerprint density at radius 1 is 1.26 bits per heavy atom. The average Bonchev–Trinajstić information content (AvgIpc) is 2.66. The average molecular weight is 388 g/mol. The molecule has 19 heavy (non-hydrogen) atoms. The molecule has 0 aliphatic carbocycles. The predicted molar refractivity (Wildman–Crippen MR) is 82.9 cm³/mol. The van der Waals surface area contributed by atoms with Crippen molar-refractivity contribution >= 4 is 48.9 Å². The number of halogens is 2. The molecule has 1 aromatic rings. The van der Waals surface area contributed by atoms with E-state index in [1.165, 1.54) is 0 Å². The van der Waals surface area contributed by atoms with Crippen LogP contribution >= 0.6 is 38.9 Å².